The fourth-order valence-electron chi connectivity index (χ4n) is 1.91. The molecular weight excluding hydrogens is 270 g/mol. The van der Waals surface area contributed by atoms with E-state index in [0.717, 1.165) is 13.0 Å². The van der Waals surface area contributed by atoms with Crippen molar-refractivity contribution in [3.63, 3.8) is 0 Å². The molecule has 6 nitrogen and oxygen atoms in total. The molecule has 0 aliphatic rings. The minimum Gasteiger partial charge on any atom is -0.493 e. The average molecular weight is 291 g/mol. The predicted octanol–water partition coefficient (Wildman–Crippen LogP) is 2.95. The largest absolute Gasteiger partial charge is 0.493 e. The quantitative estimate of drug-likeness (QED) is 0.587. The molecule has 1 aromatic rings. The third-order valence-electron chi connectivity index (χ3n) is 3.32. The summed E-state index contributed by atoms with van der Waals surface area (Å²) < 4.78 is 5.61. The number of nitriles is 1. The second-order valence-corrected chi connectivity index (χ2v) is 5.13. The number of ether oxygens (including phenoxy) is 1. The average Bonchev–Trinajstić information content (AvgIpc) is 2.46. The Kier molecular flexibility index (Phi) is 6.12. The standard InChI is InChI=1S/C15H21N3O3/c1-4-9-17-15(3,11-16)8-10-21-14-7-5-6-13(12(14)2)18(19)20/h5-7,17H,4,8-10H2,1-3H3. The number of hydrogen-bond acceptors (Lipinski definition) is 5. The van der Waals surface area contributed by atoms with Crippen LogP contribution in [-0.4, -0.2) is 23.6 Å². The highest BCUT2D eigenvalue weighted by Crippen LogP contribution is 2.27. The van der Waals surface area contributed by atoms with Crippen molar-refractivity contribution in [3.05, 3.63) is 33.9 Å². The van der Waals surface area contributed by atoms with Crippen molar-refractivity contribution in [1.29, 1.82) is 5.26 Å². The SMILES string of the molecule is CCCNC(C)(C#N)CCOc1cccc([N+](=O)[O-])c1C. The van der Waals surface area contributed by atoms with Gasteiger partial charge in [0.2, 0.25) is 0 Å². The maximum Gasteiger partial charge on any atom is 0.276 e. The Labute approximate surface area is 124 Å². The van der Waals surface area contributed by atoms with Gasteiger partial charge in [0.05, 0.1) is 23.2 Å². The minimum absolute atomic E-state index is 0.0413. The van der Waals surface area contributed by atoms with Crippen molar-refractivity contribution >= 4 is 5.69 Å². The van der Waals surface area contributed by atoms with Gasteiger partial charge < -0.3 is 4.74 Å². The summed E-state index contributed by atoms with van der Waals surface area (Å²) in [5.74, 6) is 0.486. The zero-order valence-corrected chi connectivity index (χ0v) is 12.7. The van der Waals surface area contributed by atoms with E-state index in [0.29, 0.717) is 24.3 Å². The van der Waals surface area contributed by atoms with Crippen molar-refractivity contribution in [1.82, 2.24) is 5.32 Å². The molecule has 1 rings (SSSR count). The zero-order valence-electron chi connectivity index (χ0n) is 12.7. The molecule has 1 N–H and O–H groups in total. The first-order valence-corrected chi connectivity index (χ1v) is 6.96. The van der Waals surface area contributed by atoms with Crippen LogP contribution in [0.2, 0.25) is 0 Å². The molecule has 114 valence electrons. The van der Waals surface area contributed by atoms with E-state index in [1.807, 2.05) is 13.8 Å². The van der Waals surface area contributed by atoms with Crippen molar-refractivity contribution < 1.29 is 9.66 Å². The summed E-state index contributed by atoms with van der Waals surface area (Å²) in [6, 6.07) is 6.99. The fraction of sp³-hybridized carbons (Fsp3) is 0.533. The monoisotopic (exact) mass is 291 g/mol. The maximum atomic E-state index is 10.9. The Morgan fingerprint density at radius 3 is 2.81 bits per heavy atom. The molecule has 1 aromatic carbocycles. The first-order valence-electron chi connectivity index (χ1n) is 6.96. The molecule has 0 spiro atoms. The van der Waals surface area contributed by atoms with Crippen LogP contribution in [0.1, 0.15) is 32.3 Å². The van der Waals surface area contributed by atoms with E-state index in [2.05, 4.69) is 11.4 Å². The van der Waals surface area contributed by atoms with Crippen LogP contribution in [0.15, 0.2) is 18.2 Å². The molecule has 0 saturated heterocycles. The van der Waals surface area contributed by atoms with Gasteiger partial charge in [0.1, 0.15) is 11.3 Å². The Morgan fingerprint density at radius 1 is 1.52 bits per heavy atom. The second kappa shape index (κ2) is 7.60. The molecule has 1 atom stereocenters. The number of nitro benzene ring substituents is 1. The van der Waals surface area contributed by atoms with Gasteiger partial charge in [-0.05, 0) is 32.9 Å². The topological polar surface area (TPSA) is 88.2 Å². The maximum absolute atomic E-state index is 10.9. The van der Waals surface area contributed by atoms with Crippen molar-refractivity contribution in [2.24, 2.45) is 0 Å². The molecule has 1 unspecified atom stereocenters. The number of benzene rings is 1. The lowest BCUT2D eigenvalue weighted by atomic mass is 10.0. The van der Waals surface area contributed by atoms with Crippen molar-refractivity contribution in [3.8, 4) is 11.8 Å². The van der Waals surface area contributed by atoms with Gasteiger partial charge in [0, 0.05) is 12.5 Å². The smallest absolute Gasteiger partial charge is 0.276 e. The molecule has 21 heavy (non-hydrogen) atoms. The molecule has 0 radical (unpaired) electrons. The molecule has 0 saturated carbocycles. The lowest BCUT2D eigenvalue weighted by molar-refractivity contribution is -0.385. The van der Waals surface area contributed by atoms with Gasteiger partial charge in [-0.15, -0.1) is 0 Å². The summed E-state index contributed by atoms with van der Waals surface area (Å²) >= 11 is 0. The normalized spacial score (nSPS) is 13.2. The van der Waals surface area contributed by atoms with Gasteiger partial charge in [-0.3, -0.25) is 15.4 Å². The van der Waals surface area contributed by atoms with Crippen LogP contribution in [0.5, 0.6) is 5.75 Å². The zero-order chi connectivity index (χ0) is 15.9. The van der Waals surface area contributed by atoms with Crippen LogP contribution in [0, 0.1) is 28.4 Å². The Morgan fingerprint density at radius 2 is 2.24 bits per heavy atom. The molecule has 6 heteroatoms. The van der Waals surface area contributed by atoms with E-state index < -0.39 is 10.5 Å². The molecular formula is C15H21N3O3. The van der Waals surface area contributed by atoms with Gasteiger partial charge in [-0.25, -0.2) is 0 Å². The van der Waals surface area contributed by atoms with Crippen molar-refractivity contribution in [2.75, 3.05) is 13.2 Å². The lowest BCUT2D eigenvalue weighted by Crippen LogP contribution is -2.42. The number of hydrogen-bond donors (Lipinski definition) is 1. The predicted molar refractivity (Wildman–Crippen MR) is 80.3 cm³/mol. The first-order chi connectivity index (χ1) is 9.93. The van der Waals surface area contributed by atoms with Gasteiger partial charge in [-0.2, -0.15) is 5.26 Å². The summed E-state index contributed by atoms with van der Waals surface area (Å²) in [7, 11) is 0. The van der Waals surface area contributed by atoms with E-state index >= 15 is 0 Å². The van der Waals surface area contributed by atoms with E-state index in [9.17, 15) is 15.4 Å². The molecule has 0 amide bonds. The fourth-order valence-corrected chi connectivity index (χ4v) is 1.91. The highest BCUT2D eigenvalue weighted by atomic mass is 16.6. The third-order valence-corrected chi connectivity index (χ3v) is 3.32. The van der Waals surface area contributed by atoms with Crippen molar-refractivity contribution in [2.45, 2.75) is 39.2 Å². The van der Waals surface area contributed by atoms with Crippen LogP contribution >= 0.6 is 0 Å². The molecule has 0 heterocycles. The highest BCUT2D eigenvalue weighted by Gasteiger charge is 2.23. The summed E-state index contributed by atoms with van der Waals surface area (Å²) in [5.41, 5.74) is -0.104. The van der Waals surface area contributed by atoms with E-state index in [-0.39, 0.29) is 5.69 Å². The van der Waals surface area contributed by atoms with Gasteiger partial charge >= 0.3 is 0 Å². The summed E-state index contributed by atoms with van der Waals surface area (Å²) in [6.45, 7) is 6.61. The van der Waals surface area contributed by atoms with Crippen LogP contribution in [-0.2, 0) is 0 Å². The molecule has 0 fully saturated rings. The van der Waals surface area contributed by atoms with E-state index in [1.54, 1.807) is 19.1 Å². The van der Waals surface area contributed by atoms with Crippen LogP contribution in [0.25, 0.3) is 0 Å². The second-order valence-electron chi connectivity index (χ2n) is 5.13. The summed E-state index contributed by atoms with van der Waals surface area (Å²) in [6.07, 6.45) is 1.45. The minimum atomic E-state index is -0.648. The number of nitrogens with one attached hydrogen (secondary N) is 1. The molecule has 0 aromatic heterocycles. The lowest BCUT2D eigenvalue weighted by Gasteiger charge is -2.23. The van der Waals surface area contributed by atoms with E-state index in [1.165, 1.54) is 6.07 Å². The summed E-state index contributed by atoms with van der Waals surface area (Å²) in [4.78, 5) is 10.4. The molecule has 0 bridgehead atoms. The van der Waals surface area contributed by atoms with Gasteiger partial charge in [0.25, 0.3) is 5.69 Å². The van der Waals surface area contributed by atoms with Crippen LogP contribution < -0.4 is 10.1 Å². The highest BCUT2D eigenvalue weighted by molar-refractivity contribution is 5.48. The molecule has 0 aliphatic heterocycles. The third kappa shape index (κ3) is 4.72. The summed E-state index contributed by atoms with van der Waals surface area (Å²) in [5, 5.41) is 23.3. The Bertz CT molecular complexity index is 539. The van der Waals surface area contributed by atoms with Crippen LogP contribution in [0.4, 0.5) is 5.69 Å². The van der Waals surface area contributed by atoms with E-state index in [4.69, 9.17) is 4.74 Å². The number of rotatable bonds is 8. The van der Waals surface area contributed by atoms with Gasteiger partial charge in [-0.1, -0.05) is 13.0 Å². The number of nitro groups is 1. The Hall–Kier alpha value is -2.13. The van der Waals surface area contributed by atoms with Crippen LogP contribution in [0.3, 0.4) is 0 Å². The molecule has 0 aliphatic carbocycles. The number of nitrogens with zero attached hydrogens (tertiary/aromatic N) is 2. The Balaban J connectivity index is 2.66. The first kappa shape index (κ1) is 16.9. The van der Waals surface area contributed by atoms with Gasteiger partial charge in [0.15, 0.2) is 0 Å².